The standard InChI is InChI=1S/C18H16O2/c1-3-7-15(8-4-1)13-19-14-17-11-12-18(20-17)16-9-5-2-6-10-16/h1-12H,13-14H2. The summed E-state index contributed by atoms with van der Waals surface area (Å²) in [5.41, 5.74) is 2.25. The van der Waals surface area contributed by atoms with Gasteiger partial charge in [-0.25, -0.2) is 0 Å². The minimum absolute atomic E-state index is 0.488. The van der Waals surface area contributed by atoms with Crippen LogP contribution in [-0.4, -0.2) is 0 Å². The van der Waals surface area contributed by atoms with Crippen molar-refractivity contribution in [2.45, 2.75) is 13.2 Å². The van der Waals surface area contributed by atoms with Crippen LogP contribution >= 0.6 is 0 Å². The summed E-state index contributed by atoms with van der Waals surface area (Å²) in [6.07, 6.45) is 0. The molecule has 0 radical (unpaired) electrons. The Morgan fingerprint density at radius 2 is 1.40 bits per heavy atom. The van der Waals surface area contributed by atoms with Crippen molar-refractivity contribution < 1.29 is 9.15 Å². The summed E-state index contributed by atoms with van der Waals surface area (Å²) in [6.45, 7) is 1.09. The lowest BCUT2D eigenvalue weighted by Gasteiger charge is -2.02. The Balaban J connectivity index is 1.58. The third kappa shape index (κ3) is 3.16. The number of hydrogen-bond acceptors (Lipinski definition) is 2. The number of hydrogen-bond donors (Lipinski definition) is 0. The van der Waals surface area contributed by atoms with Gasteiger partial charge in [-0.05, 0) is 17.7 Å². The fraction of sp³-hybridized carbons (Fsp3) is 0.111. The average molecular weight is 264 g/mol. The first kappa shape index (κ1) is 12.7. The zero-order valence-corrected chi connectivity index (χ0v) is 11.2. The van der Waals surface area contributed by atoms with Crippen molar-refractivity contribution in [1.82, 2.24) is 0 Å². The molecule has 20 heavy (non-hydrogen) atoms. The van der Waals surface area contributed by atoms with Crippen LogP contribution in [0.3, 0.4) is 0 Å². The molecule has 0 bridgehead atoms. The highest BCUT2D eigenvalue weighted by atomic mass is 16.5. The molecule has 0 saturated heterocycles. The van der Waals surface area contributed by atoms with E-state index in [-0.39, 0.29) is 0 Å². The van der Waals surface area contributed by atoms with Gasteiger partial charge in [-0.1, -0.05) is 60.7 Å². The molecule has 3 rings (SSSR count). The third-order valence-electron chi connectivity index (χ3n) is 3.08. The predicted octanol–water partition coefficient (Wildman–Crippen LogP) is 4.66. The monoisotopic (exact) mass is 264 g/mol. The normalized spacial score (nSPS) is 10.6. The van der Waals surface area contributed by atoms with Gasteiger partial charge < -0.3 is 9.15 Å². The molecule has 0 amide bonds. The molecule has 0 spiro atoms. The van der Waals surface area contributed by atoms with Crippen LogP contribution in [0.5, 0.6) is 0 Å². The van der Waals surface area contributed by atoms with E-state index in [1.165, 1.54) is 5.56 Å². The molecule has 0 N–H and O–H groups in total. The molecule has 1 heterocycles. The number of rotatable bonds is 5. The number of furan rings is 1. The molecule has 0 aliphatic rings. The fourth-order valence-electron chi connectivity index (χ4n) is 2.06. The third-order valence-corrected chi connectivity index (χ3v) is 3.08. The number of ether oxygens (including phenoxy) is 1. The second-order valence-electron chi connectivity index (χ2n) is 4.61. The number of benzene rings is 2. The fourth-order valence-corrected chi connectivity index (χ4v) is 2.06. The highest BCUT2D eigenvalue weighted by Gasteiger charge is 2.04. The van der Waals surface area contributed by atoms with E-state index in [0.29, 0.717) is 13.2 Å². The Morgan fingerprint density at radius 3 is 2.15 bits per heavy atom. The quantitative estimate of drug-likeness (QED) is 0.668. The zero-order chi connectivity index (χ0) is 13.6. The summed E-state index contributed by atoms with van der Waals surface area (Å²) in [7, 11) is 0. The first-order chi connectivity index (χ1) is 9.92. The smallest absolute Gasteiger partial charge is 0.134 e. The first-order valence-corrected chi connectivity index (χ1v) is 6.67. The first-order valence-electron chi connectivity index (χ1n) is 6.67. The average Bonchev–Trinajstić information content (AvgIpc) is 2.98. The molecule has 1 aromatic heterocycles. The Labute approximate surface area is 118 Å². The molecule has 0 atom stereocenters. The van der Waals surface area contributed by atoms with E-state index in [9.17, 15) is 0 Å². The van der Waals surface area contributed by atoms with Crippen molar-refractivity contribution in [3.63, 3.8) is 0 Å². The Bertz CT molecular complexity index is 641. The van der Waals surface area contributed by atoms with Gasteiger partial charge >= 0.3 is 0 Å². The SMILES string of the molecule is c1ccc(COCc2ccc(-c3ccccc3)o2)cc1. The summed E-state index contributed by atoms with van der Waals surface area (Å²) < 4.78 is 11.4. The van der Waals surface area contributed by atoms with Crippen molar-refractivity contribution >= 4 is 0 Å². The van der Waals surface area contributed by atoms with Crippen LogP contribution in [0.25, 0.3) is 11.3 Å². The summed E-state index contributed by atoms with van der Waals surface area (Å²) in [4.78, 5) is 0. The van der Waals surface area contributed by atoms with Gasteiger partial charge in [-0.3, -0.25) is 0 Å². The van der Waals surface area contributed by atoms with Crippen molar-refractivity contribution in [3.05, 3.63) is 84.1 Å². The molecule has 0 fully saturated rings. The van der Waals surface area contributed by atoms with Gasteiger partial charge in [0.05, 0.1) is 6.61 Å². The van der Waals surface area contributed by atoms with Gasteiger partial charge in [0.15, 0.2) is 0 Å². The molecule has 0 aliphatic heterocycles. The molecule has 3 aromatic rings. The van der Waals surface area contributed by atoms with Crippen molar-refractivity contribution in [2.24, 2.45) is 0 Å². The molecule has 100 valence electrons. The molecule has 0 aliphatic carbocycles. The highest BCUT2D eigenvalue weighted by molar-refractivity contribution is 5.57. The second-order valence-corrected chi connectivity index (χ2v) is 4.61. The van der Waals surface area contributed by atoms with Crippen LogP contribution in [0.4, 0.5) is 0 Å². The van der Waals surface area contributed by atoms with Gasteiger partial charge in [0.2, 0.25) is 0 Å². The van der Waals surface area contributed by atoms with Crippen molar-refractivity contribution in [2.75, 3.05) is 0 Å². The lowest BCUT2D eigenvalue weighted by molar-refractivity contribution is 0.0934. The molecule has 0 unspecified atom stereocenters. The maximum absolute atomic E-state index is 5.78. The molecular formula is C18H16O2. The zero-order valence-electron chi connectivity index (χ0n) is 11.2. The molecule has 2 heteroatoms. The van der Waals surface area contributed by atoms with Gasteiger partial charge in [0.25, 0.3) is 0 Å². The van der Waals surface area contributed by atoms with E-state index in [1.807, 2.05) is 60.7 Å². The van der Waals surface area contributed by atoms with Crippen molar-refractivity contribution in [3.8, 4) is 11.3 Å². The van der Waals surface area contributed by atoms with Gasteiger partial charge in [-0.15, -0.1) is 0 Å². The predicted molar refractivity (Wildman–Crippen MR) is 79.1 cm³/mol. The molecule has 0 saturated carbocycles. The Kier molecular flexibility index (Phi) is 3.95. The van der Waals surface area contributed by atoms with Crippen LogP contribution in [0.15, 0.2) is 77.2 Å². The largest absolute Gasteiger partial charge is 0.459 e. The summed E-state index contributed by atoms with van der Waals surface area (Å²) in [5.74, 6) is 1.73. The molecule has 2 nitrogen and oxygen atoms in total. The van der Waals surface area contributed by atoms with Crippen LogP contribution in [0.2, 0.25) is 0 Å². The van der Waals surface area contributed by atoms with Crippen LogP contribution in [-0.2, 0) is 18.0 Å². The summed E-state index contributed by atoms with van der Waals surface area (Å²) in [6, 6.07) is 24.2. The maximum Gasteiger partial charge on any atom is 0.134 e. The minimum Gasteiger partial charge on any atom is -0.459 e. The van der Waals surface area contributed by atoms with Crippen LogP contribution in [0, 0.1) is 0 Å². The van der Waals surface area contributed by atoms with E-state index < -0.39 is 0 Å². The van der Waals surface area contributed by atoms with E-state index in [0.717, 1.165) is 17.1 Å². The topological polar surface area (TPSA) is 22.4 Å². The lowest BCUT2D eigenvalue weighted by atomic mass is 10.2. The highest BCUT2D eigenvalue weighted by Crippen LogP contribution is 2.22. The van der Waals surface area contributed by atoms with Crippen LogP contribution in [0.1, 0.15) is 11.3 Å². The minimum atomic E-state index is 0.488. The van der Waals surface area contributed by atoms with Gasteiger partial charge in [-0.2, -0.15) is 0 Å². The van der Waals surface area contributed by atoms with E-state index in [2.05, 4.69) is 12.1 Å². The van der Waals surface area contributed by atoms with E-state index in [4.69, 9.17) is 9.15 Å². The Morgan fingerprint density at radius 1 is 0.700 bits per heavy atom. The van der Waals surface area contributed by atoms with Gasteiger partial charge in [0, 0.05) is 5.56 Å². The van der Waals surface area contributed by atoms with Gasteiger partial charge in [0.1, 0.15) is 18.1 Å². The van der Waals surface area contributed by atoms with Crippen molar-refractivity contribution in [1.29, 1.82) is 0 Å². The van der Waals surface area contributed by atoms with E-state index >= 15 is 0 Å². The summed E-state index contributed by atoms with van der Waals surface area (Å²) >= 11 is 0. The molecule has 2 aromatic carbocycles. The molecular weight excluding hydrogens is 248 g/mol. The maximum atomic E-state index is 5.78. The Hall–Kier alpha value is -2.32. The lowest BCUT2D eigenvalue weighted by Crippen LogP contribution is -1.92. The summed E-state index contributed by atoms with van der Waals surface area (Å²) in [5, 5.41) is 0. The van der Waals surface area contributed by atoms with Crippen LogP contribution < -0.4 is 0 Å². The van der Waals surface area contributed by atoms with E-state index in [1.54, 1.807) is 0 Å². The second kappa shape index (κ2) is 6.22.